The van der Waals surface area contributed by atoms with E-state index in [1.807, 2.05) is 0 Å². The average molecular weight is 657 g/mol. The summed E-state index contributed by atoms with van der Waals surface area (Å²) in [5, 5.41) is 64.3. The van der Waals surface area contributed by atoms with Crippen molar-refractivity contribution >= 4 is 5.97 Å². The highest BCUT2D eigenvalue weighted by Gasteiger charge is 2.60. The van der Waals surface area contributed by atoms with Gasteiger partial charge in [0.25, 0.3) is 0 Å². The Morgan fingerprint density at radius 2 is 1.67 bits per heavy atom. The van der Waals surface area contributed by atoms with E-state index in [-0.39, 0.29) is 23.4 Å². The molecule has 0 amide bonds. The van der Waals surface area contributed by atoms with Crippen LogP contribution in [-0.4, -0.2) is 116 Å². The molecule has 2 saturated heterocycles. The Balaban J connectivity index is 1.49. The molecule has 2 heterocycles. The second kappa shape index (κ2) is 14.2. The summed E-state index contributed by atoms with van der Waals surface area (Å²) in [7, 11) is 0. The van der Waals surface area contributed by atoms with Crippen LogP contribution in [-0.2, 0) is 28.5 Å². The maximum absolute atomic E-state index is 11.5. The molecule has 2 aliphatic carbocycles. The van der Waals surface area contributed by atoms with E-state index >= 15 is 0 Å². The lowest BCUT2D eigenvalue weighted by Gasteiger charge is -2.61. The Bertz CT molecular complexity index is 1110. The van der Waals surface area contributed by atoms with Crippen molar-refractivity contribution < 1.29 is 59.1 Å². The minimum absolute atomic E-state index is 0.0960. The molecule has 0 aromatic carbocycles. The Kier molecular flexibility index (Phi) is 11.5. The highest BCUT2D eigenvalue weighted by molar-refractivity contribution is 5.66. The van der Waals surface area contributed by atoms with Crippen LogP contribution in [0.1, 0.15) is 80.6 Å². The summed E-state index contributed by atoms with van der Waals surface area (Å²) in [6.45, 7) is 16.6. The SMILES string of the molecule is C=C[C@@](C)(O)CC[C@]1(C)[C@H](C)C[C@H](O[C@@H]2O[C@@H](C)[C@H](O[C@@H]3O[C@H](CO)[C@@H](OC(C)=O)[C@H](O)[C@H]3O)[C@@H](O)[C@H]2O)[C@@]2(C)C(C)=CCC[C@H]12. The van der Waals surface area contributed by atoms with Gasteiger partial charge in [-0.25, -0.2) is 0 Å². The maximum Gasteiger partial charge on any atom is 0.303 e. The normalized spacial score (nSPS) is 47.7. The zero-order valence-electron chi connectivity index (χ0n) is 28.2. The average Bonchev–Trinajstić information content (AvgIpc) is 3.00. The van der Waals surface area contributed by atoms with Crippen LogP contribution in [0, 0.1) is 22.7 Å². The van der Waals surface area contributed by atoms with Gasteiger partial charge in [0.1, 0.15) is 36.6 Å². The second-order valence-electron chi connectivity index (χ2n) is 14.7. The van der Waals surface area contributed by atoms with Crippen molar-refractivity contribution in [3.8, 4) is 0 Å². The largest absolute Gasteiger partial charge is 0.457 e. The van der Waals surface area contributed by atoms with E-state index in [2.05, 4.69) is 40.3 Å². The molecular weight excluding hydrogens is 600 g/mol. The smallest absolute Gasteiger partial charge is 0.303 e. The van der Waals surface area contributed by atoms with Crippen molar-refractivity contribution in [1.82, 2.24) is 0 Å². The van der Waals surface area contributed by atoms with E-state index in [9.17, 15) is 35.4 Å². The number of carbonyl (C=O) groups is 1. The van der Waals surface area contributed by atoms with Gasteiger partial charge < -0.3 is 54.3 Å². The quantitative estimate of drug-likeness (QED) is 0.148. The summed E-state index contributed by atoms with van der Waals surface area (Å²) in [6, 6.07) is 0. The van der Waals surface area contributed by atoms with Gasteiger partial charge in [0.05, 0.1) is 24.4 Å². The first kappa shape index (κ1) is 37.4. The molecule has 264 valence electrons. The fourth-order valence-electron chi connectivity index (χ4n) is 8.30. The summed E-state index contributed by atoms with van der Waals surface area (Å²) >= 11 is 0. The van der Waals surface area contributed by atoms with Crippen molar-refractivity contribution in [3.05, 3.63) is 24.3 Å². The van der Waals surface area contributed by atoms with Crippen LogP contribution < -0.4 is 0 Å². The van der Waals surface area contributed by atoms with Crippen LogP contribution in [0.25, 0.3) is 0 Å². The number of ether oxygens (including phenoxy) is 5. The Morgan fingerprint density at radius 3 is 2.26 bits per heavy atom. The maximum atomic E-state index is 11.5. The van der Waals surface area contributed by atoms with Gasteiger partial charge in [-0.3, -0.25) is 4.79 Å². The molecule has 0 bridgehead atoms. The number of carbonyl (C=O) groups excluding carboxylic acids is 1. The van der Waals surface area contributed by atoms with E-state index < -0.39 is 85.0 Å². The van der Waals surface area contributed by atoms with Gasteiger partial charge in [-0.1, -0.05) is 38.5 Å². The molecule has 4 aliphatic rings. The molecule has 6 N–H and O–H groups in total. The zero-order valence-corrected chi connectivity index (χ0v) is 28.2. The van der Waals surface area contributed by atoms with Gasteiger partial charge in [0.2, 0.25) is 0 Å². The number of rotatable bonds is 10. The van der Waals surface area contributed by atoms with E-state index in [0.717, 1.165) is 26.2 Å². The van der Waals surface area contributed by atoms with Crippen LogP contribution >= 0.6 is 0 Å². The highest BCUT2D eigenvalue weighted by atomic mass is 16.7. The number of aliphatic hydroxyl groups excluding tert-OH is 5. The molecule has 3 fully saturated rings. The fourth-order valence-corrected chi connectivity index (χ4v) is 8.30. The van der Waals surface area contributed by atoms with Gasteiger partial charge in [-0.15, -0.1) is 6.58 Å². The van der Waals surface area contributed by atoms with E-state index in [1.165, 1.54) is 5.57 Å². The molecule has 16 atom stereocenters. The van der Waals surface area contributed by atoms with Gasteiger partial charge in [-0.2, -0.15) is 0 Å². The Morgan fingerprint density at radius 1 is 1.07 bits per heavy atom. The summed E-state index contributed by atoms with van der Waals surface area (Å²) < 4.78 is 29.2. The van der Waals surface area contributed by atoms with Crippen molar-refractivity contribution in [1.29, 1.82) is 0 Å². The highest BCUT2D eigenvalue weighted by Crippen LogP contribution is 2.63. The van der Waals surface area contributed by atoms with Crippen LogP contribution in [0.3, 0.4) is 0 Å². The van der Waals surface area contributed by atoms with Gasteiger partial charge in [-0.05, 0) is 70.1 Å². The molecule has 2 aliphatic heterocycles. The number of aliphatic hydroxyl groups is 6. The molecule has 0 unspecified atom stereocenters. The molecule has 12 nitrogen and oxygen atoms in total. The third-order valence-corrected chi connectivity index (χ3v) is 11.7. The third-order valence-electron chi connectivity index (χ3n) is 11.7. The number of hydrogen-bond acceptors (Lipinski definition) is 12. The predicted molar refractivity (Wildman–Crippen MR) is 166 cm³/mol. The standard InChI is InChI=1S/C34H56O12/c1-9-32(6,41)13-14-33(7)18(3)15-23(34(8)17(2)11-10-12-22(33)34)45-30-26(39)24(37)28(19(4)42-30)46-31-27(40)25(38)29(43-20(5)36)21(16-35)44-31/h9,11,18-19,21-31,35,37-41H,1,10,12-16H2,2-8H3/t18-,19+,21-,22-,23+,24+,25-,26-,27-,28+,29-,30+,31+,32-,33-,34+/m1/s1. The molecule has 4 rings (SSSR count). The fraction of sp³-hybridized carbons (Fsp3) is 0.853. The third kappa shape index (κ3) is 6.99. The summed E-state index contributed by atoms with van der Waals surface area (Å²) in [6.07, 6.45) is -6.15. The lowest BCUT2D eigenvalue weighted by Crippen LogP contribution is -2.65. The van der Waals surface area contributed by atoms with Crippen LogP contribution in [0.4, 0.5) is 0 Å². The van der Waals surface area contributed by atoms with Crippen molar-refractivity contribution in [2.75, 3.05) is 6.61 Å². The molecule has 0 spiro atoms. The monoisotopic (exact) mass is 656 g/mol. The number of fused-ring (bicyclic) bond motifs is 1. The minimum Gasteiger partial charge on any atom is -0.457 e. The number of allylic oxidation sites excluding steroid dienone is 1. The van der Waals surface area contributed by atoms with Crippen LogP contribution in [0.5, 0.6) is 0 Å². The second-order valence-corrected chi connectivity index (χ2v) is 14.7. The molecule has 46 heavy (non-hydrogen) atoms. The topological polar surface area (TPSA) is 185 Å². The lowest BCUT2D eigenvalue weighted by molar-refractivity contribution is -0.364. The van der Waals surface area contributed by atoms with Crippen LogP contribution in [0.2, 0.25) is 0 Å². The first-order valence-electron chi connectivity index (χ1n) is 16.6. The molecule has 12 heteroatoms. The molecular formula is C34H56O12. The van der Waals surface area contributed by atoms with Crippen LogP contribution in [0.15, 0.2) is 24.3 Å². The lowest BCUT2D eigenvalue weighted by atomic mass is 9.45. The first-order valence-corrected chi connectivity index (χ1v) is 16.6. The Hall–Kier alpha value is -1.45. The van der Waals surface area contributed by atoms with E-state index in [0.29, 0.717) is 12.8 Å². The van der Waals surface area contributed by atoms with Gasteiger partial charge >= 0.3 is 5.97 Å². The van der Waals surface area contributed by atoms with Crippen molar-refractivity contribution in [2.24, 2.45) is 22.7 Å². The van der Waals surface area contributed by atoms with Crippen molar-refractivity contribution in [3.63, 3.8) is 0 Å². The number of esters is 1. The van der Waals surface area contributed by atoms with Crippen molar-refractivity contribution in [2.45, 2.75) is 154 Å². The minimum atomic E-state index is -1.69. The molecule has 0 aromatic heterocycles. The first-order chi connectivity index (χ1) is 21.4. The summed E-state index contributed by atoms with van der Waals surface area (Å²) in [4.78, 5) is 11.5. The molecule has 0 aromatic rings. The predicted octanol–water partition coefficient (Wildman–Crippen LogP) is 1.72. The van der Waals surface area contributed by atoms with E-state index in [4.69, 9.17) is 23.7 Å². The Labute approximate surface area is 272 Å². The van der Waals surface area contributed by atoms with E-state index in [1.54, 1.807) is 19.9 Å². The molecule has 1 saturated carbocycles. The molecule has 0 radical (unpaired) electrons. The summed E-state index contributed by atoms with van der Waals surface area (Å²) in [5.41, 5.74) is -0.245. The van der Waals surface area contributed by atoms with Gasteiger partial charge in [0, 0.05) is 12.3 Å². The van der Waals surface area contributed by atoms with Gasteiger partial charge in [0.15, 0.2) is 18.7 Å². The zero-order chi connectivity index (χ0) is 34.4. The number of hydrogen-bond donors (Lipinski definition) is 6. The summed E-state index contributed by atoms with van der Waals surface area (Å²) in [5.74, 6) is -0.286.